The van der Waals surface area contributed by atoms with Gasteiger partial charge in [0.25, 0.3) is 0 Å². The number of aromatic carboxylic acids is 1. The van der Waals surface area contributed by atoms with E-state index in [1.807, 2.05) is 18.2 Å². The third-order valence-corrected chi connectivity index (χ3v) is 2.95. The number of carboxylic acids is 1. The summed E-state index contributed by atoms with van der Waals surface area (Å²) in [5.74, 6) is 3.29. The van der Waals surface area contributed by atoms with Crippen LogP contribution < -0.4 is 5.84 Å². The molecule has 0 saturated heterocycles. The molecule has 0 atom stereocenters. The molecule has 2 aromatic carbocycles. The molecule has 0 aliphatic rings. The normalized spacial score (nSPS) is 11.0. The molecular formula is C16H14N2O4. The zero-order valence-corrected chi connectivity index (χ0v) is 11.6. The standard InChI is InChI=1S/C16H14N2O4/c17-18-14(12-8-4-5-9-13(12)15(19)20)16(21)22-10-11-6-2-1-3-7-11/h1-9H,10,17H2,(H,19,20). The van der Waals surface area contributed by atoms with Gasteiger partial charge in [0.2, 0.25) is 0 Å². The number of ether oxygens (including phenoxy) is 1. The van der Waals surface area contributed by atoms with E-state index in [-0.39, 0.29) is 23.4 Å². The molecule has 0 bridgehead atoms. The number of carbonyl (C=O) groups excluding carboxylic acids is 1. The first-order valence-corrected chi connectivity index (χ1v) is 6.45. The average Bonchev–Trinajstić information content (AvgIpc) is 2.55. The van der Waals surface area contributed by atoms with Crippen molar-refractivity contribution in [3.63, 3.8) is 0 Å². The van der Waals surface area contributed by atoms with E-state index in [0.717, 1.165) is 5.56 Å². The predicted molar refractivity (Wildman–Crippen MR) is 80.4 cm³/mol. The number of esters is 1. The Bertz CT molecular complexity index is 711. The lowest BCUT2D eigenvalue weighted by Crippen LogP contribution is -2.22. The average molecular weight is 298 g/mol. The summed E-state index contributed by atoms with van der Waals surface area (Å²) in [6.07, 6.45) is 0. The van der Waals surface area contributed by atoms with Crippen LogP contribution in [0.3, 0.4) is 0 Å². The van der Waals surface area contributed by atoms with E-state index in [1.54, 1.807) is 24.3 Å². The van der Waals surface area contributed by atoms with E-state index in [2.05, 4.69) is 5.10 Å². The third-order valence-electron chi connectivity index (χ3n) is 2.95. The van der Waals surface area contributed by atoms with Crippen molar-refractivity contribution in [1.82, 2.24) is 0 Å². The molecule has 0 amide bonds. The van der Waals surface area contributed by atoms with Gasteiger partial charge in [0, 0.05) is 5.56 Å². The maximum absolute atomic E-state index is 12.1. The zero-order chi connectivity index (χ0) is 15.9. The number of carboxylic acid groups (broad SMARTS) is 1. The minimum absolute atomic E-state index is 0.0495. The second-order valence-corrected chi connectivity index (χ2v) is 4.39. The number of nitrogens with two attached hydrogens (primary N) is 1. The van der Waals surface area contributed by atoms with Crippen molar-refractivity contribution in [2.75, 3.05) is 0 Å². The Morgan fingerprint density at radius 2 is 1.59 bits per heavy atom. The Balaban J connectivity index is 2.19. The largest absolute Gasteiger partial charge is 0.478 e. The minimum atomic E-state index is -1.17. The molecule has 22 heavy (non-hydrogen) atoms. The van der Waals surface area contributed by atoms with Crippen LogP contribution in [0, 0.1) is 0 Å². The van der Waals surface area contributed by atoms with Crippen LogP contribution >= 0.6 is 0 Å². The summed E-state index contributed by atoms with van der Waals surface area (Å²) in [5, 5.41) is 12.5. The highest BCUT2D eigenvalue weighted by Crippen LogP contribution is 2.12. The van der Waals surface area contributed by atoms with Gasteiger partial charge in [-0.1, -0.05) is 48.5 Å². The smallest absolute Gasteiger partial charge is 0.359 e. The van der Waals surface area contributed by atoms with Crippen molar-refractivity contribution < 1.29 is 19.4 Å². The fourth-order valence-electron chi connectivity index (χ4n) is 1.90. The van der Waals surface area contributed by atoms with Gasteiger partial charge in [0.1, 0.15) is 6.61 Å². The molecule has 0 fully saturated rings. The molecule has 0 aliphatic carbocycles. The highest BCUT2D eigenvalue weighted by molar-refractivity contribution is 6.44. The molecule has 6 heteroatoms. The maximum atomic E-state index is 12.1. The number of benzene rings is 2. The fraction of sp³-hybridized carbons (Fsp3) is 0.0625. The summed E-state index contributed by atoms with van der Waals surface area (Å²) in [5.41, 5.74) is 0.631. The summed E-state index contributed by atoms with van der Waals surface area (Å²) in [6, 6.07) is 15.1. The molecule has 2 aromatic rings. The van der Waals surface area contributed by atoms with E-state index in [1.165, 1.54) is 12.1 Å². The van der Waals surface area contributed by atoms with Gasteiger partial charge in [0.15, 0.2) is 5.71 Å². The van der Waals surface area contributed by atoms with E-state index in [0.29, 0.717) is 0 Å². The third kappa shape index (κ3) is 3.49. The molecule has 0 radical (unpaired) electrons. The summed E-state index contributed by atoms with van der Waals surface area (Å²) >= 11 is 0. The molecule has 0 unspecified atom stereocenters. The second kappa shape index (κ2) is 7.03. The van der Waals surface area contributed by atoms with Crippen molar-refractivity contribution in [2.24, 2.45) is 10.9 Å². The van der Waals surface area contributed by atoms with Crippen molar-refractivity contribution in [3.8, 4) is 0 Å². The monoisotopic (exact) mass is 298 g/mol. The van der Waals surface area contributed by atoms with Gasteiger partial charge in [-0.05, 0) is 11.6 Å². The molecule has 6 nitrogen and oxygen atoms in total. The van der Waals surface area contributed by atoms with Crippen LogP contribution in [0.2, 0.25) is 0 Å². The number of carbonyl (C=O) groups is 2. The van der Waals surface area contributed by atoms with Crippen molar-refractivity contribution in [2.45, 2.75) is 6.61 Å². The Kier molecular flexibility index (Phi) is 4.87. The van der Waals surface area contributed by atoms with Gasteiger partial charge in [-0.25, -0.2) is 9.59 Å². The van der Waals surface area contributed by atoms with Crippen LogP contribution in [0.15, 0.2) is 59.7 Å². The van der Waals surface area contributed by atoms with Gasteiger partial charge in [-0.2, -0.15) is 5.10 Å². The van der Waals surface area contributed by atoms with Gasteiger partial charge in [-0.15, -0.1) is 0 Å². The van der Waals surface area contributed by atoms with E-state index in [4.69, 9.17) is 15.7 Å². The summed E-state index contributed by atoms with van der Waals surface area (Å²) in [7, 11) is 0. The van der Waals surface area contributed by atoms with Crippen LogP contribution in [-0.2, 0) is 16.1 Å². The summed E-state index contributed by atoms with van der Waals surface area (Å²) in [6.45, 7) is 0.0495. The van der Waals surface area contributed by atoms with Crippen LogP contribution in [0.25, 0.3) is 0 Å². The Morgan fingerprint density at radius 3 is 2.18 bits per heavy atom. The van der Waals surface area contributed by atoms with Crippen LogP contribution in [-0.4, -0.2) is 22.8 Å². The highest BCUT2D eigenvalue weighted by Gasteiger charge is 2.21. The molecule has 0 heterocycles. The first-order valence-electron chi connectivity index (χ1n) is 6.45. The van der Waals surface area contributed by atoms with E-state index in [9.17, 15) is 9.59 Å². The van der Waals surface area contributed by atoms with Crippen molar-refractivity contribution >= 4 is 17.7 Å². The maximum Gasteiger partial charge on any atom is 0.359 e. The van der Waals surface area contributed by atoms with E-state index >= 15 is 0 Å². The van der Waals surface area contributed by atoms with Gasteiger partial charge >= 0.3 is 11.9 Å². The Labute approximate surface area is 126 Å². The highest BCUT2D eigenvalue weighted by atomic mass is 16.5. The molecule has 2 rings (SSSR count). The predicted octanol–water partition coefficient (Wildman–Crippen LogP) is 1.79. The summed E-state index contributed by atoms with van der Waals surface area (Å²) in [4.78, 5) is 23.3. The molecule has 0 aliphatic heterocycles. The first-order chi connectivity index (χ1) is 10.6. The number of rotatable bonds is 5. The zero-order valence-electron chi connectivity index (χ0n) is 11.6. The molecule has 3 N–H and O–H groups in total. The van der Waals surface area contributed by atoms with E-state index < -0.39 is 11.9 Å². The lowest BCUT2D eigenvalue weighted by atomic mass is 10.0. The van der Waals surface area contributed by atoms with Gasteiger partial charge in [0.05, 0.1) is 5.56 Å². The Hall–Kier alpha value is -3.15. The SMILES string of the molecule is NN=C(C(=O)OCc1ccccc1)c1ccccc1C(=O)O. The van der Waals surface area contributed by atoms with Crippen LogP contribution in [0.5, 0.6) is 0 Å². The molecule has 112 valence electrons. The van der Waals surface area contributed by atoms with Crippen molar-refractivity contribution in [1.29, 1.82) is 0 Å². The quantitative estimate of drug-likeness (QED) is 0.379. The second-order valence-electron chi connectivity index (χ2n) is 4.39. The van der Waals surface area contributed by atoms with Crippen molar-refractivity contribution in [3.05, 3.63) is 71.3 Å². The number of hydrogen-bond acceptors (Lipinski definition) is 5. The Morgan fingerprint density at radius 1 is 1.00 bits per heavy atom. The van der Waals surface area contributed by atoms with Gasteiger partial charge in [-0.3, -0.25) is 0 Å². The van der Waals surface area contributed by atoms with Gasteiger partial charge < -0.3 is 15.7 Å². The number of nitrogens with zero attached hydrogens (tertiary/aromatic N) is 1. The van der Waals surface area contributed by atoms with Crippen LogP contribution in [0.1, 0.15) is 21.5 Å². The number of hydrazone groups is 1. The number of hydrogen-bond donors (Lipinski definition) is 2. The topological polar surface area (TPSA) is 102 Å². The fourth-order valence-corrected chi connectivity index (χ4v) is 1.90. The molecule has 0 saturated carbocycles. The lowest BCUT2D eigenvalue weighted by molar-refractivity contribution is -0.136. The summed E-state index contributed by atoms with van der Waals surface area (Å²) < 4.78 is 5.13. The first kappa shape index (κ1) is 15.2. The molecule has 0 aromatic heterocycles. The minimum Gasteiger partial charge on any atom is -0.478 e. The van der Waals surface area contributed by atoms with Crippen LogP contribution in [0.4, 0.5) is 0 Å². The molecular weight excluding hydrogens is 284 g/mol. The molecule has 0 spiro atoms. The lowest BCUT2D eigenvalue weighted by Gasteiger charge is -2.09.